The summed E-state index contributed by atoms with van der Waals surface area (Å²) in [5.41, 5.74) is 2.59. The fourth-order valence-corrected chi connectivity index (χ4v) is 2.12. The monoisotopic (exact) mass is 272 g/mol. The van der Waals surface area contributed by atoms with Crippen molar-refractivity contribution in [2.24, 2.45) is 0 Å². The number of hydrogen-bond acceptors (Lipinski definition) is 3. The highest BCUT2D eigenvalue weighted by atomic mass is 16.3. The first-order valence-electron chi connectivity index (χ1n) is 6.74. The number of hydrogen-bond donors (Lipinski definition) is 1. The molecule has 0 aliphatic carbocycles. The van der Waals surface area contributed by atoms with Gasteiger partial charge in [0.25, 0.3) is 5.91 Å². The fraction of sp³-hybridized carbons (Fsp3) is 0.312. The van der Waals surface area contributed by atoms with Crippen LogP contribution in [0.1, 0.15) is 28.6 Å². The van der Waals surface area contributed by atoms with E-state index in [0.29, 0.717) is 12.1 Å². The zero-order chi connectivity index (χ0) is 14.5. The number of benzene rings is 1. The molecule has 0 unspecified atom stereocenters. The van der Waals surface area contributed by atoms with E-state index in [-0.39, 0.29) is 5.91 Å². The number of nitrogens with one attached hydrogen (secondary N) is 1. The molecule has 0 spiro atoms. The van der Waals surface area contributed by atoms with Crippen LogP contribution in [-0.2, 0) is 6.54 Å². The van der Waals surface area contributed by atoms with Gasteiger partial charge in [0.2, 0.25) is 0 Å². The van der Waals surface area contributed by atoms with Gasteiger partial charge in [0.05, 0.1) is 11.8 Å². The SMILES string of the molecule is CCNc1ccccc1C(=O)N(C)Cc1ccoc1C. The van der Waals surface area contributed by atoms with Crippen LogP contribution >= 0.6 is 0 Å². The fourth-order valence-electron chi connectivity index (χ4n) is 2.12. The standard InChI is InChI=1S/C16H20N2O2/c1-4-17-15-8-6-5-7-14(15)16(19)18(3)11-13-9-10-20-12(13)2/h5-10,17H,4,11H2,1-3H3. The number of aryl methyl sites for hydroxylation is 1. The summed E-state index contributed by atoms with van der Waals surface area (Å²) in [4.78, 5) is 14.2. The van der Waals surface area contributed by atoms with E-state index in [2.05, 4.69) is 5.32 Å². The number of carbonyl (C=O) groups excluding carboxylic acids is 1. The highest BCUT2D eigenvalue weighted by Gasteiger charge is 2.16. The molecule has 0 saturated carbocycles. The smallest absolute Gasteiger partial charge is 0.255 e. The Morgan fingerprint density at radius 2 is 2.05 bits per heavy atom. The molecule has 1 amide bonds. The Balaban J connectivity index is 2.16. The van der Waals surface area contributed by atoms with E-state index < -0.39 is 0 Å². The molecule has 0 aliphatic heterocycles. The Morgan fingerprint density at radius 3 is 2.70 bits per heavy atom. The summed E-state index contributed by atoms with van der Waals surface area (Å²) in [7, 11) is 1.80. The predicted molar refractivity (Wildman–Crippen MR) is 79.8 cm³/mol. The van der Waals surface area contributed by atoms with Crippen molar-refractivity contribution in [3.63, 3.8) is 0 Å². The van der Waals surface area contributed by atoms with Gasteiger partial charge in [0.15, 0.2) is 0 Å². The van der Waals surface area contributed by atoms with Crippen LogP contribution in [0.2, 0.25) is 0 Å². The second kappa shape index (κ2) is 6.28. The summed E-state index contributed by atoms with van der Waals surface area (Å²) in [5.74, 6) is 0.853. The minimum absolute atomic E-state index is 0.00199. The van der Waals surface area contributed by atoms with Gasteiger partial charge in [0.1, 0.15) is 5.76 Å². The molecule has 0 atom stereocenters. The lowest BCUT2D eigenvalue weighted by atomic mass is 10.1. The second-order valence-corrected chi connectivity index (χ2v) is 4.74. The van der Waals surface area contributed by atoms with Gasteiger partial charge in [-0.25, -0.2) is 0 Å². The summed E-state index contributed by atoms with van der Waals surface area (Å²) in [6.07, 6.45) is 1.65. The Morgan fingerprint density at radius 1 is 1.30 bits per heavy atom. The lowest BCUT2D eigenvalue weighted by Crippen LogP contribution is -2.27. The minimum Gasteiger partial charge on any atom is -0.469 e. The summed E-state index contributed by atoms with van der Waals surface area (Å²) in [5, 5.41) is 3.22. The molecule has 1 aromatic carbocycles. The molecule has 2 rings (SSSR count). The van der Waals surface area contributed by atoms with Crippen molar-refractivity contribution in [3.8, 4) is 0 Å². The average Bonchev–Trinajstić information content (AvgIpc) is 2.84. The van der Waals surface area contributed by atoms with E-state index in [1.807, 2.05) is 44.2 Å². The van der Waals surface area contributed by atoms with Gasteiger partial charge in [0, 0.05) is 31.4 Å². The van der Waals surface area contributed by atoms with Gasteiger partial charge in [-0.2, -0.15) is 0 Å². The molecule has 106 valence electrons. The first-order chi connectivity index (χ1) is 9.63. The number of anilines is 1. The zero-order valence-electron chi connectivity index (χ0n) is 12.1. The molecular weight excluding hydrogens is 252 g/mol. The van der Waals surface area contributed by atoms with E-state index in [9.17, 15) is 4.79 Å². The molecule has 1 heterocycles. The number of nitrogens with zero attached hydrogens (tertiary/aromatic N) is 1. The lowest BCUT2D eigenvalue weighted by Gasteiger charge is -2.19. The third-order valence-electron chi connectivity index (χ3n) is 3.25. The Hall–Kier alpha value is -2.23. The summed E-state index contributed by atoms with van der Waals surface area (Å²) in [6.45, 7) is 5.25. The van der Waals surface area contributed by atoms with Crippen LogP contribution < -0.4 is 5.32 Å². The highest BCUT2D eigenvalue weighted by molar-refractivity contribution is 5.99. The second-order valence-electron chi connectivity index (χ2n) is 4.74. The maximum absolute atomic E-state index is 12.5. The highest BCUT2D eigenvalue weighted by Crippen LogP contribution is 2.18. The quantitative estimate of drug-likeness (QED) is 0.908. The topological polar surface area (TPSA) is 45.5 Å². The van der Waals surface area contributed by atoms with Crippen LogP contribution in [0.15, 0.2) is 41.0 Å². The molecular formula is C16H20N2O2. The average molecular weight is 272 g/mol. The van der Waals surface area contributed by atoms with Crippen molar-refractivity contribution in [2.45, 2.75) is 20.4 Å². The third-order valence-corrected chi connectivity index (χ3v) is 3.25. The third kappa shape index (κ3) is 3.02. The molecule has 0 saturated heterocycles. The maximum atomic E-state index is 12.5. The Bertz CT molecular complexity index is 590. The molecule has 4 nitrogen and oxygen atoms in total. The minimum atomic E-state index is 0.00199. The van der Waals surface area contributed by atoms with E-state index >= 15 is 0 Å². The summed E-state index contributed by atoms with van der Waals surface area (Å²) >= 11 is 0. The molecule has 0 bridgehead atoms. The molecule has 4 heteroatoms. The van der Waals surface area contributed by atoms with Crippen LogP contribution in [0.4, 0.5) is 5.69 Å². The first kappa shape index (κ1) is 14.2. The van der Waals surface area contributed by atoms with Gasteiger partial charge in [-0.3, -0.25) is 4.79 Å². The van der Waals surface area contributed by atoms with Gasteiger partial charge >= 0.3 is 0 Å². The van der Waals surface area contributed by atoms with Gasteiger partial charge < -0.3 is 14.6 Å². The number of amides is 1. The van der Waals surface area contributed by atoms with Crippen molar-refractivity contribution in [2.75, 3.05) is 18.9 Å². The van der Waals surface area contributed by atoms with Crippen LogP contribution in [0.5, 0.6) is 0 Å². The van der Waals surface area contributed by atoms with Crippen LogP contribution in [0.25, 0.3) is 0 Å². The molecule has 0 fully saturated rings. The van der Waals surface area contributed by atoms with Crippen molar-refractivity contribution in [3.05, 3.63) is 53.5 Å². The van der Waals surface area contributed by atoms with Crippen molar-refractivity contribution >= 4 is 11.6 Å². The molecule has 2 aromatic rings. The van der Waals surface area contributed by atoms with E-state index in [0.717, 1.165) is 23.6 Å². The van der Waals surface area contributed by atoms with Crippen LogP contribution in [0, 0.1) is 6.92 Å². The predicted octanol–water partition coefficient (Wildman–Crippen LogP) is 3.29. The van der Waals surface area contributed by atoms with Crippen molar-refractivity contribution < 1.29 is 9.21 Å². The largest absolute Gasteiger partial charge is 0.469 e. The normalized spacial score (nSPS) is 10.3. The summed E-state index contributed by atoms with van der Waals surface area (Å²) in [6, 6.07) is 9.47. The van der Waals surface area contributed by atoms with Gasteiger partial charge in [-0.15, -0.1) is 0 Å². The number of para-hydroxylation sites is 1. The maximum Gasteiger partial charge on any atom is 0.255 e. The Labute approximate surface area is 119 Å². The Kier molecular flexibility index (Phi) is 4.45. The molecule has 20 heavy (non-hydrogen) atoms. The van der Waals surface area contributed by atoms with Gasteiger partial charge in [-0.05, 0) is 32.0 Å². The lowest BCUT2D eigenvalue weighted by molar-refractivity contribution is 0.0785. The number of carbonyl (C=O) groups is 1. The zero-order valence-corrected chi connectivity index (χ0v) is 12.1. The van der Waals surface area contributed by atoms with Crippen molar-refractivity contribution in [1.82, 2.24) is 4.90 Å². The van der Waals surface area contributed by atoms with Crippen molar-refractivity contribution in [1.29, 1.82) is 0 Å². The van der Waals surface area contributed by atoms with Crippen LogP contribution in [-0.4, -0.2) is 24.4 Å². The van der Waals surface area contributed by atoms with E-state index in [4.69, 9.17) is 4.42 Å². The number of furan rings is 1. The molecule has 0 radical (unpaired) electrons. The number of rotatable bonds is 5. The summed E-state index contributed by atoms with van der Waals surface area (Å²) < 4.78 is 5.26. The van der Waals surface area contributed by atoms with Crippen LogP contribution in [0.3, 0.4) is 0 Å². The van der Waals surface area contributed by atoms with E-state index in [1.165, 1.54) is 0 Å². The molecule has 0 aliphatic rings. The first-order valence-corrected chi connectivity index (χ1v) is 6.74. The molecule has 1 N–H and O–H groups in total. The molecule has 1 aromatic heterocycles. The van der Waals surface area contributed by atoms with E-state index in [1.54, 1.807) is 18.2 Å². The van der Waals surface area contributed by atoms with Gasteiger partial charge in [-0.1, -0.05) is 12.1 Å².